The lowest BCUT2D eigenvalue weighted by molar-refractivity contribution is 0.0686. The average molecular weight is 532 g/mol. The van der Waals surface area contributed by atoms with Gasteiger partial charge in [0.1, 0.15) is 11.3 Å². The van der Waals surface area contributed by atoms with Crippen LogP contribution in [0.15, 0.2) is 59.5 Å². The number of piperidine rings is 1. The molecule has 0 amide bonds. The summed E-state index contributed by atoms with van der Waals surface area (Å²) in [5, 5.41) is 15.1. The van der Waals surface area contributed by atoms with Crippen LogP contribution in [0.5, 0.6) is 0 Å². The third-order valence-corrected chi connectivity index (χ3v) is 6.62. The van der Waals surface area contributed by atoms with Gasteiger partial charge >= 0.3 is 5.97 Å². The zero-order valence-corrected chi connectivity index (χ0v) is 20.7. The van der Waals surface area contributed by atoms with E-state index in [4.69, 9.17) is 17.3 Å². The Morgan fingerprint density at radius 2 is 2.00 bits per heavy atom. The molecule has 3 N–H and O–H groups in total. The third kappa shape index (κ3) is 4.69. The Labute approximate surface area is 217 Å². The Balaban J connectivity index is 0.00000304. The van der Waals surface area contributed by atoms with Gasteiger partial charge in [0, 0.05) is 36.1 Å². The molecule has 36 heavy (non-hydrogen) atoms. The topological polar surface area (TPSA) is 106 Å². The van der Waals surface area contributed by atoms with Gasteiger partial charge in [-0.3, -0.25) is 9.36 Å². The maximum atomic E-state index is 14.0. The van der Waals surface area contributed by atoms with Crippen LogP contribution >= 0.6 is 24.0 Å². The molecule has 11 heteroatoms. The number of nitrogens with two attached hydrogens (primary N) is 1. The lowest BCUT2D eigenvalue weighted by Crippen LogP contribution is -2.43. The zero-order chi connectivity index (χ0) is 24.7. The molecule has 1 saturated heterocycles. The van der Waals surface area contributed by atoms with Crippen molar-refractivity contribution in [3.63, 3.8) is 0 Å². The molecule has 1 aliphatic heterocycles. The second kappa shape index (κ2) is 10.3. The first-order valence-corrected chi connectivity index (χ1v) is 11.6. The molecule has 1 aliphatic rings. The minimum absolute atomic E-state index is 0. The Morgan fingerprint density at radius 3 is 2.69 bits per heavy atom. The van der Waals surface area contributed by atoms with E-state index in [0.29, 0.717) is 35.9 Å². The summed E-state index contributed by atoms with van der Waals surface area (Å²) in [6, 6.07) is 12.5. The van der Waals surface area contributed by atoms with E-state index in [1.165, 1.54) is 28.9 Å². The van der Waals surface area contributed by atoms with E-state index in [0.717, 1.165) is 29.0 Å². The molecule has 1 fully saturated rings. The summed E-state index contributed by atoms with van der Waals surface area (Å²) in [4.78, 5) is 28.0. The molecular weight excluding hydrogens is 508 g/mol. The summed E-state index contributed by atoms with van der Waals surface area (Å²) < 4.78 is 16.3. The van der Waals surface area contributed by atoms with Gasteiger partial charge in [0.05, 0.1) is 11.9 Å². The zero-order valence-electron chi connectivity index (χ0n) is 19.1. The van der Waals surface area contributed by atoms with Crippen molar-refractivity contribution in [1.29, 1.82) is 0 Å². The fourth-order valence-corrected chi connectivity index (χ4v) is 4.84. The molecule has 3 heterocycles. The van der Waals surface area contributed by atoms with Gasteiger partial charge in [-0.2, -0.15) is 0 Å². The number of aromatic carboxylic acids is 1. The molecule has 4 aromatic rings. The minimum Gasteiger partial charge on any atom is -0.477 e. The van der Waals surface area contributed by atoms with Crippen molar-refractivity contribution in [1.82, 2.24) is 14.2 Å². The van der Waals surface area contributed by atoms with Crippen molar-refractivity contribution in [2.45, 2.75) is 25.3 Å². The van der Waals surface area contributed by atoms with Crippen LogP contribution in [-0.2, 0) is 6.42 Å². The van der Waals surface area contributed by atoms with Crippen molar-refractivity contribution in [3.8, 4) is 5.69 Å². The summed E-state index contributed by atoms with van der Waals surface area (Å²) >= 11 is 6.44. The van der Waals surface area contributed by atoms with Gasteiger partial charge < -0.3 is 15.7 Å². The Kier molecular flexibility index (Phi) is 7.35. The number of nitrogens with zero attached hydrogens (tertiary/aromatic N) is 4. The van der Waals surface area contributed by atoms with Gasteiger partial charge in [-0.15, -0.1) is 17.5 Å². The van der Waals surface area contributed by atoms with Crippen LogP contribution in [0.4, 0.5) is 10.2 Å². The number of anilines is 1. The van der Waals surface area contributed by atoms with Crippen molar-refractivity contribution < 1.29 is 14.3 Å². The predicted octanol–water partition coefficient (Wildman–Crippen LogP) is 3.92. The molecule has 8 nitrogen and oxygen atoms in total. The van der Waals surface area contributed by atoms with E-state index < -0.39 is 17.3 Å². The normalized spacial score (nSPS) is 15.6. The fraction of sp³-hybridized carbons (Fsp3) is 0.240. The Hall–Kier alpha value is -3.40. The number of hydrogen-bond donors (Lipinski definition) is 2. The monoisotopic (exact) mass is 531 g/mol. The number of halogens is 3. The van der Waals surface area contributed by atoms with Gasteiger partial charge in [-0.1, -0.05) is 35.9 Å². The molecule has 0 unspecified atom stereocenters. The number of carbonyl (C=O) groups is 1. The van der Waals surface area contributed by atoms with E-state index in [1.807, 2.05) is 23.1 Å². The number of aromatic nitrogens is 3. The largest absolute Gasteiger partial charge is 0.477 e. The highest BCUT2D eigenvalue weighted by molar-refractivity contribution is 6.31. The first kappa shape index (κ1) is 25.7. The van der Waals surface area contributed by atoms with E-state index >= 15 is 0 Å². The Bertz CT molecular complexity index is 1500. The van der Waals surface area contributed by atoms with Crippen molar-refractivity contribution in [2.24, 2.45) is 5.73 Å². The van der Waals surface area contributed by atoms with Gasteiger partial charge in [0.25, 0.3) is 5.56 Å². The maximum Gasteiger partial charge on any atom is 0.354 e. The number of rotatable bonds is 5. The molecular formula is C25H24Cl2FN5O3. The lowest BCUT2D eigenvalue weighted by atomic mass is 10.0. The standard InChI is InChI=1S/C25H23ClFN5O3.ClH/c26-20-9-2-1-5-15(20)11-19-22-24(33)32(18-8-3-6-16(27)12-18)21(25(34)35)14-31(22)29-23(19)30-10-4-7-17(28)13-30;/h1-3,5-6,8-9,12,14,17H,4,7,10-11,13,28H2,(H,34,35);1H/t17-;/m1./s1. The van der Waals surface area contributed by atoms with Gasteiger partial charge in [-0.05, 0) is 42.7 Å². The van der Waals surface area contributed by atoms with Crippen molar-refractivity contribution >= 4 is 41.3 Å². The van der Waals surface area contributed by atoms with Crippen LogP contribution in [0.25, 0.3) is 11.2 Å². The van der Waals surface area contributed by atoms with E-state index in [9.17, 15) is 19.1 Å². The first-order chi connectivity index (χ1) is 16.8. The predicted molar refractivity (Wildman–Crippen MR) is 139 cm³/mol. The third-order valence-electron chi connectivity index (χ3n) is 6.25. The molecule has 0 aliphatic carbocycles. The van der Waals surface area contributed by atoms with Gasteiger partial charge in [0.2, 0.25) is 0 Å². The van der Waals surface area contributed by atoms with Crippen molar-refractivity contribution in [2.75, 3.05) is 18.0 Å². The smallest absolute Gasteiger partial charge is 0.354 e. The maximum absolute atomic E-state index is 14.0. The summed E-state index contributed by atoms with van der Waals surface area (Å²) in [5.41, 5.74) is 6.99. The lowest BCUT2D eigenvalue weighted by Gasteiger charge is -2.31. The van der Waals surface area contributed by atoms with Crippen LogP contribution in [-0.4, -0.2) is 44.4 Å². The van der Waals surface area contributed by atoms with Crippen LogP contribution in [0.2, 0.25) is 5.02 Å². The molecule has 1 atom stereocenters. The molecule has 2 aromatic heterocycles. The number of hydrogen-bond acceptors (Lipinski definition) is 5. The molecule has 0 saturated carbocycles. The van der Waals surface area contributed by atoms with E-state index in [1.54, 1.807) is 6.07 Å². The summed E-state index contributed by atoms with van der Waals surface area (Å²) in [7, 11) is 0. The number of fused-ring (bicyclic) bond motifs is 1. The summed E-state index contributed by atoms with van der Waals surface area (Å²) in [6.45, 7) is 1.26. The molecule has 0 spiro atoms. The van der Waals surface area contributed by atoms with Crippen molar-refractivity contribution in [3.05, 3.63) is 92.7 Å². The van der Waals surface area contributed by atoms with Crippen LogP contribution in [0.3, 0.4) is 0 Å². The quantitative estimate of drug-likeness (QED) is 0.404. The highest BCUT2D eigenvalue weighted by atomic mass is 35.5. The molecule has 0 radical (unpaired) electrons. The second-order valence-corrected chi connectivity index (χ2v) is 9.06. The molecule has 2 aromatic carbocycles. The highest BCUT2D eigenvalue weighted by Gasteiger charge is 2.28. The molecule has 188 valence electrons. The van der Waals surface area contributed by atoms with Crippen LogP contribution in [0.1, 0.15) is 34.5 Å². The summed E-state index contributed by atoms with van der Waals surface area (Å²) in [6.07, 6.45) is 3.34. The molecule has 0 bridgehead atoms. The second-order valence-electron chi connectivity index (χ2n) is 8.65. The SMILES string of the molecule is Cl.N[C@@H]1CCCN(c2nn3cc(C(=O)O)n(-c4cccc(F)c4)c(=O)c3c2Cc2ccccc2Cl)C1. The van der Waals surface area contributed by atoms with E-state index in [2.05, 4.69) is 5.10 Å². The summed E-state index contributed by atoms with van der Waals surface area (Å²) in [5.74, 6) is -1.36. The van der Waals surface area contributed by atoms with E-state index in [-0.39, 0.29) is 35.3 Å². The van der Waals surface area contributed by atoms with Crippen LogP contribution in [0, 0.1) is 5.82 Å². The number of benzene rings is 2. The van der Waals surface area contributed by atoms with Gasteiger partial charge in [-0.25, -0.2) is 13.7 Å². The number of carboxylic acid groups (broad SMARTS) is 1. The first-order valence-electron chi connectivity index (χ1n) is 11.2. The molecule has 5 rings (SSSR count). The Morgan fingerprint density at radius 1 is 1.22 bits per heavy atom. The van der Waals surface area contributed by atoms with Crippen LogP contribution < -0.4 is 16.2 Å². The average Bonchev–Trinajstić information content (AvgIpc) is 3.19. The minimum atomic E-state index is -1.34. The number of carboxylic acids is 1. The fourth-order valence-electron chi connectivity index (χ4n) is 4.64. The highest BCUT2D eigenvalue weighted by Crippen LogP contribution is 2.30. The van der Waals surface area contributed by atoms with Gasteiger partial charge in [0.15, 0.2) is 11.5 Å².